The minimum atomic E-state index is -0.733. The molecule has 1 heterocycles. The number of rotatable bonds is 0. The summed E-state index contributed by atoms with van der Waals surface area (Å²) in [6.07, 6.45) is 5.53. The van der Waals surface area contributed by atoms with Gasteiger partial charge in [0.25, 0.3) is 0 Å². The molecule has 0 radical (unpaired) electrons. The lowest BCUT2D eigenvalue weighted by Crippen LogP contribution is -2.66. The van der Waals surface area contributed by atoms with E-state index in [-0.39, 0.29) is 0 Å². The molecule has 1 unspecified atom stereocenters. The number of aliphatic hydroxyl groups is 1. The molecule has 1 saturated carbocycles. The topological polar surface area (TPSA) is 55.5 Å². The predicted molar refractivity (Wildman–Crippen MR) is 45.5 cm³/mol. The second-order valence-corrected chi connectivity index (χ2v) is 4.08. The molecule has 2 atom stereocenters. The zero-order valence-corrected chi connectivity index (χ0v) is 7.38. The second-order valence-electron chi connectivity index (χ2n) is 4.08. The highest BCUT2D eigenvalue weighted by Crippen LogP contribution is 2.42. The van der Waals surface area contributed by atoms with Crippen molar-refractivity contribution in [2.24, 2.45) is 5.73 Å². The lowest BCUT2D eigenvalue weighted by atomic mass is 9.73. The van der Waals surface area contributed by atoms with Crippen molar-refractivity contribution in [3.63, 3.8) is 0 Å². The van der Waals surface area contributed by atoms with Crippen molar-refractivity contribution in [1.82, 2.24) is 0 Å². The van der Waals surface area contributed by atoms with Crippen LogP contribution in [-0.2, 0) is 4.74 Å². The van der Waals surface area contributed by atoms with Gasteiger partial charge in [-0.1, -0.05) is 6.42 Å². The molecule has 2 aliphatic rings. The van der Waals surface area contributed by atoms with E-state index >= 15 is 0 Å². The van der Waals surface area contributed by atoms with Gasteiger partial charge in [-0.15, -0.1) is 0 Å². The first-order chi connectivity index (χ1) is 5.66. The van der Waals surface area contributed by atoms with Gasteiger partial charge in [0.05, 0.1) is 0 Å². The Hall–Kier alpha value is -0.120. The molecule has 1 saturated heterocycles. The highest BCUT2D eigenvalue weighted by atomic mass is 16.5. The summed E-state index contributed by atoms with van der Waals surface area (Å²) >= 11 is 0. The van der Waals surface area contributed by atoms with Gasteiger partial charge in [0.2, 0.25) is 0 Å². The Morgan fingerprint density at radius 2 is 1.75 bits per heavy atom. The van der Waals surface area contributed by atoms with Gasteiger partial charge < -0.3 is 15.6 Å². The van der Waals surface area contributed by atoms with E-state index in [1.807, 2.05) is 0 Å². The summed E-state index contributed by atoms with van der Waals surface area (Å²) in [5.41, 5.74) is 4.56. The molecule has 0 spiro atoms. The van der Waals surface area contributed by atoms with Crippen LogP contribution in [0.2, 0.25) is 0 Å². The Balaban J connectivity index is 2.20. The van der Waals surface area contributed by atoms with Crippen LogP contribution in [-0.4, -0.2) is 23.0 Å². The summed E-state index contributed by atoms with van der Waals surface area (Å²) in [5, 5.41) is 10.2. The molecule has 2 rings (SSSR count). The maximum Gasteiger partial charge on any atom is 0.145 e. The van der Waals surface area contributed by atoms with Crippen LogP contribution in [0, 0.1) is 0 Å². The van der Waals surface area contributed by atoms with Crippen LogP contribution < -0.4 is 5.73 Å². The number of ether oxygens (including phenoxy) is 1. The van der Waals surface area contributed by atoms with Gasteiger partial charge in [-0.05, 0) is 32.1 Å². The fourth-order valence-electron chi connectivity index (χ4n) is 2.41. The van der Waals surface area contributed by atoms with Crippen LogP contribution in [0.15, 0.2) is 0 Å². The van der Waals surface area contributed by atoms with E-state index in [1.54, 1.807) is 0 Å². The molecule has 0 bridgehead atoms. The average molecular weight is 171 g/mol. The summed E-state index contributed by atoms with van der Waals surface area (Å²) in [6.45, 7) is 0.707. The van der Waals surface area contributed by atoms with Crippen molar-refractivity contribution in [1.29, 1.82) is 0 Å². The van der Waals surface area contributed by atoms with Gasteiger partial charge in [-0.2, -0.15) is 0 Å². The molecule has 3 nitrogen and oxygen atoms in total. The standard InChI is InChI=1S/C9H17NO2/c10-9-6-2-1-4-8(9,11)5-3-7-12-9/h11H,1-7,10H2/t8?,9-/m1/s1. The lowest BCUT2D eigenvalue weighted by molar-refractivity contribution is -0.230. The number of hydrogen-bond donors (Lipinski definition) is 2. The Bertz CT molecular complexity index is 149. The minimum Gasteiger partial charge on any atom is -0.385 e. The van der Waals surface area contributed by atoms with E-state index in [2.05, 4.69) is 0 Å². The Labute approximate surface area is 72.9 Å². The van der Waals surface area contributed by atoms with E-state index in [0.29, 0.717) is 6.61 Å². The SMILES string of the molecule is N[C@@]12CCCCC1(O)CCCO2. The molecule has 2 fully saturated rings. The molecule has 70 valence electrons. The fourth-order valence-corrected chi connectivity index (χ4v) is 2.41. The Morgan fingerprint density at radius 1 is 1.08 bits per heavy atom. The average Bonchev–Trinajstić information content (AvgIpc) is 2.05. The third-order valence-electron chi connectivity index (χ3n) is 3.27. The maximum absolute atomic E-state index is 10.2. The first kappa shape index (κ1) is 8.48. The van der Waals surface area contributed by atoms with Crippen LogP contribution in [0.3, 0.4) is 0 Å². The Kier molecular flexibility index (Phi) is 1.90. The lowest BCUT2D eigenvalue weighted by Gasteiger charge is -2.50. The van der Waals surface area contributed by atoms with Crippen LogP contribution in [0.5, 0.6) is 0 Å². The van der Waals surface area contributed by atoms with Crippen LogP contribution in [0.4, 0.5) is 0 Å². The van der Waals surface area contributed by atoms with E-state index in [9.17, 15) is 5.11 Å². The van der Waals surface area contributed by atoms with Gasteiger partial charge >= 0.3 is 0 Å². The van der Waals surface area contributed by atoms with Crippen molar-refractivity contribution < 1.29 is 9.84 Å². The van der Waals surface area contributed by atoms with Gasteiger partial charge in [-0.3, -0.25) is 0 Å². The molecule has 12 heavy (non-hydrogen) atoms. The highest BCUT2D eigenvalue weighted by Gasteiger charge is 2.51. The van der Waals surface area contributed by atoms with E-state index in [4.69, 9.17) is 10.5 Å². The molecule has 1 aliphatic heterocycles. The van der Waals surface area contributed by atoms with E-state index in [1.165, 1.54) is 0 Å². The zero-order valence-electron chi connectivity index (χ0n) is 7.38. The molecular formula is C9H17NO2. The largest absolute Gasteiger partial charge is 0.385 e. The fraction of sp³-hybridized carbons (Fsp3) is 1.00. The van der Waals surface area contributed by atoms with Crippen molar-refractivity contribution >= 4 is 0 Å². The number of nitrogens with two attached hydrogens (primary N) is 1. The smallest absolute Gasteiger partial charge is 0.145 e. The van der Waals surface area contributed by atoms with Gasteiger partial charge in [0.15, 0.2) is 0 Å². The van der Waals surface area contributed by atoms with Gasteiger partial charge in [0.1, 0.15) is 11.3 Å². The number of fused-ring (bicyclic) bond motifs is 1. The monoisotopic (exact) mass is 171 g/mol. The van der Waals surface area contributed by atoms with Crippen molar-refractivity contribution in [2.75, 3.05) is 6.61 Å². The molecule has 0 aromatic rings. The van der Waals surface area contributed by atoms with Crippen molar-refractivity contribution in [2.45, 2.75) is 49.9 Å². The quantitative estimate of drug-likeness (QED) is 0.565. The highest BCUT2D eigenvalue weighted by molar-refractivity contribution is 5.01. The summed E-state index contributed by atoms with van der Waals surface area (Å²) in [4.78, 5) is 0. The third kappa shape index (κ3) is 1.08. The summed E-state index contributed by atoms with van der Waals surface area (Å²) < 4.78 is 5.50. The summed E-state index contributed by atoms with van der Waals surface area (Å²) in [5.74, 6) is 0. The molecule has 3 heteroatoms. The van der Waals surface area contributed by atoms with Crippen molar-refractivity contribution in [3.05, 3.63) is 0 Å². The zero-order chi connectivity index (χ0) is 8.66. The number of hydrogen-bond acceptors (Lipinski definition) is 3. The normalized spacial score (nSPS) is 48.5. The first-order valence-corrected chi connectivity index (χ1v) is 4.82. The molecule has 3 N–H and O–H groups in total. The van der Waals surface area contributed by atoms with Gasteiger partial charge in [-0.25, -0.2) is 0 Å². The van der Waals surface area contributed by atoms with Crippen molar-refractivity contribution in [3.8, 4) is 0 Å². The summed E-state index contributed by atoms with van der Waals surface area (Å²) in [7, 11) is 0. The first-order valence-electron chi connectivity index (χ1n) is 4.82. The van der Waals surface area contributed by atoms with Crippen LogP contribution >= 0.6 is 0 Å². The van der Waals surface area contributed by atoms with E-state index in [0.717, 1.165) is 38.5 Å². The van der Waals surface area contributed by atoms with Crippen LogP contribution in [0.1, 0.15) is 38.5 Å². The molecule has 0 amide bonds. The molecule has 1 aliphatic carbocycles. The maximum atomic E-state index is 10.2. The minimum absolute atomic E-state index is 0.707. The van der Waals surface area contributed by atoms with Gasteiger partial charge in [0, 0.05) is 6.61 Å². The second kappa shape index (κ2) is 2.69. The molecule has 0 aromatic heterocycles. The molecular weight excluding hydrogens is 154 g/mol. The molecule has 0 aromatic carbocycles. The summed E-state index contributed by atoms with van der Waals surface area (Å²) in [6, 6.07) is 0. The Morgan fingerprint density at radius 3 is 2.50 bits per heavy atom. The third-order valence-corrected chi connectivity index (χ3v) is 3.27. The van der Waals surface area contributed by atoms with E-state index < -0.39 is 11.3 Å². The predicted octanol–water partition coefficient (Wildman–Crippen LogP) is 0.757. The van der Waals surface area contributed by atoms with Crippen LogP contribution in [0.25, 0.3) is 0 Å².